The van der Waals surface area contributed by atoms with Crippen molar-refractivity contribution in [1.82, 2.24) is 0 Å². The molecule has 2 rings (SSSR count). The first-order chi connectivity index (χ1) is 9.92. The van der Waals surface area contributed by atoms with Crippen molar-refractivity contribution in [2.45, 2.75) is 72.5 Å². The zero-order chi connectivity index (χ0) is 15.6. The molecule has 2 nitrogen and oxygen atoms in total. The highest BCUT2D eigenvalue weighted by molar-refractivity contribution is 5.46. The van der Waals surface area contributed by atoms with E-state index in [-0.39, 0.29) is 0 Å². The summed E-state index contributed by atoms with van der Waals surface area (Å²) >= 11 is 0. The maximum Gasteiger partial charge on any atom is 0.125 e. The smallest absolute Gasteiger partial charge is 0.125 e. The molecule has 0 N–H and O–H groups in total. The van der Waals surface area contributed by atoms with Crippen LogP contribution in [0.5, 0.6) is 5.75 Å². The Bertz CT molecular complexity index is 479. The van der Waals surface area contributed by atoms with E-state index in [0.717, 1.165) is 25.2 Å². The van der Waals surface area contributed by atoms with Gasteiger partial charge in [0.1, 0.15) is 5.75 Å². The molecule has 118 valence electrons. The van der Waals surface area contributed by atoms with Crippen molar-refractivity contribution in [1.29, 1.82) is 0 Å². The Morgan fingerprint density at radius 1 is 1.24 bits per heavy atom. The molecule has 0 spiro atoms. The van der Waals surface area contributed by atoms with Crippen LogP contribution < -0.4 is 4.74 Å². The number of epoxide rings is 1. The molecular formula is C19H30O2. The Kier molecular flexibility index (Phi) is 5.32. The molecule has 3 atom stereocenters. The minimum atomic E-state index is 0.435. The monoisotopic (exact) mass is 290 g/mol. The van der Waals surface area contributed by atoms with Gasteiger partial charge < -0.3 is 9.47 Å². The van der Waals surface area contributed by atoms with Crippen LogP contribution in [0.25, 0.3) is 0 Å². The van der Waals surface area contributed by atoms with Crippen molar-refractivity contribution in [2.75, 3.05) is 6.61 Å². The third-order valence-electron chi connectivity index (χ3n) is 4.29. The molecule has 1 aromatic carbocycles. The van der Waals surface area contributed by atoms with Gasteiger partial charge in [-0.25, -0.2) is 0 Å². The van der Waals surface area contributed by atoms with Gasteiger partial charge in [-0.2, -0.15) is 0 Å². The molecule has 21 heavy (non-hydrogen) atoms. The number of hydrogen-bond donors (Lipinski definition) is 0. The molecular weight excluding hydrogens is 260 g/mol. The number of rotatable bonds is 7. The van der Waals surface area contributed by atoms with Gasteiger partial charge in [0.15, 0.2) is 0 Å². The Hall–Kier alpha value is -1.02. The Morgan fingerprint density at radius 2 is 1.90 bits per heavy atom. The van der Waals surface area contributed by atoms with Crippen LogP contribution in [0.15, 0.2) is 12.1 Å². The van der Waals surface area contributed by atoms with Crippen molar-refractivity contribution in [3.63, 3.8) is 0 Å². The molecule has 0 amide bonds. The topological polar surface area (TPSA) is 21.8 Å². The number of hydrogen-bond acceptors (Lipinski definition) is 2. The van der Waals surface area contributed by atoms with Crippen molar-refractivity contribution in [3.05, 3.63) is 28.8 Å². The summed E-state index contributed by atoms with van der Waals surface area (Å²) in [5, 5.41) is 0. The van der Waals surface area contributed by atoms with E-state index in [4.69, 9.17) is 9.47 Å². The minimum absolute atomic E-state index is 0.435. The Balaban J connectivity index is 2.25. The lowest BCUT2D eigenvalue weighted by Crippen LogP contribution is -2.11. The van der Waals surface area contributed by atoms with Crippen LogP contribution >= 0.6 is 0 Å². The minimum Gasteiger partial charge on any atom is -0.493 e. The third-order valence-corrected chi connectivity index (χ3v) is 4.29. The molecule has 0 saturated carbocycles. The zero-order valence-electron chi connectivity index (χ0n) is 14.4. The van der Waals surface area contributed by atoms with Crippen LogP contribution in [0.1, 0.15) is 63.1 Å². The van der Waals surface area contributed by atoms with Crippen LogP contribution in [0.4, 0.5) is 0 Å². The van der Waals surface area contributed by atoms with Gasteiger partial charge >= 0.3 is 0 Å². The van der Waals surface area contributed by atoms with E-state index in [1.54, 1.807) is 0 Å². The van der Waals surface area contributed by atoms with E-state index in [1.165, 1.54) is 16.7 Å². The first kappa shape index (κ1) is 16.4. The van der Waals surface area contributed by atoms with E-state index < -0.39 is 0 Å². The number of aryl methyl sites for hydroxylation is 2. The van der Waals surface area contributed by atoms with Crippen molar-refractivity contribution in [3.8, 4) is 5.75 Å². The van der Waals surface area contributed by atoms with Gasteiger partial charge in [-0.15, -0.1) is 0 Å². The molecule has 2 heteroatoms. The zero-order valence-corrected chi connectivity index (χ0v) is 14.4. The van der Waals surface area contributed by atoms with Gasteiger partial charge in [-0.3, -0.25) is 0 Å². The summed E-state index contributed by atoms with van der Waals surface area (Å²) in [7, 11) is 0. The summed E-state index contributed by atoms with van der Waals surface area (Å²) in [6.45, 7) is 13.9. The molecule has 1 saturated heterocycles. The van der Waals surface area contributed by atoms with Crippen molar-refractivity contribution in [2.24, 2.45) is 5.92 Å². The molecule has 0 aromatic heterocycles. The summed E-state index contributed by atoms with van der Waals surface area (Å²) in [5.41, 5.74) is 3.95. The maximum absolute atomic E-state index is 6.16. The van der Waals surface area contributed by atoms with E-state index in [0.29, 0.717) is 24.0 Å². The number of ether oxygens (including phenoxy) is 2. The molecule has 1 aliphatic rings. The van der Waals surface area contributed by atoms with Gasteiger partial charge in [-0.05, 0) is 56.6 Å². The van der Waals surface area contributed by atoms with Gasteiger partial charge in [0.25, 0.3) is 0 Å². The first-order valence-electron chi connectivity index (χ1n) is 8.31. The average molecular weight is 290 g/mol. The van der Waals surface area contributed by atoms with Crippen LogP contribution in [-0.4, -0.2) is 18.8 Å². The Labute approximate surface area is 129 Å². The molecule has 1 heterocycles. The largest absolute Gasteiger partial charge is 0.493 e. The normalized spacial score (nSPS) is 22.4. The lowest BCUT2D eigenvalue weighted by atomic mass is 9.88. The van der Waals surface area contributed by atoms with E-state index in [1.807, 2.05) is 0 Å². The second kappa shape index (κ2) is 6.83. The molecule has 1 fully saturated rings. The molecule has 3 unspecified atom stereocenters. The standard InChI is InChI=1S/C19H30O2/c1-7-16(10-18-15(6)21-18)17-9-13(4)8-14(5)19(17)20-11-12(2)3/h8-9,12,15-16,18H,7,10-11H2,1-6H3. The average Bonchev–Trinajstić information content (AvgIpc) is 3.09. The lowest BCUT2D eigenvalue weighted by Gasteiger charge is -2.22. The van der Waals surface area contributed by atoms with Crippen molar-refractivity contribution < 1.29 is 9.47 Å². The molecule has 0 radical (unpaired) electrons. The molecule has 0 aliphatic carbocycles. The fraction of sp³-hybridized carbons (Fsp3) is 0.684. The van der Waals surface area contributed by atoms with Gasteiger partial charge in [0.05, 0.1) is 18.8 Å². The quantitative estimate of drug-likeness (QED) is 0.658. The summed E-state index contributed by atoms with van der Waals surface area (Å²) in [6.07, 6.45) is 3.12. The fourth-order valence-corrected chi connectivity index (χ4v) is 3.01. The van der Waals surface area contributed by atoms with Crippen LogP contribution in [-0.2, 0) is 4.74 Å². The van der Waals surface area contributed by atoms with E-state index >= 15 is 0 Å². The molecule has 1 aromatic rings. The van der Waals surface area contributed by atoms with Crippen LogP contribution in [0.3, 0.4) is 0 Å². The predicted octanol–water partition coefficient (Wildman–Crippen LogP) is 5.01. The highest BCUT2D eigenvalue weighted by atomic mass is 16.6. The second-order valence-corrected chi connectivity index (χ2v) is 6.93. The summed E-state index contributed by atoms with van der Waals surface area (Å²) in [4.78, 5) is 0. The van der Waals surface area contributed by atoms with Crippen LogP contribution in [0.2, 0.25) is 0 Å². The number of benzene rings is 1. The molecule has 0 bridgehead atoms. The fourth-order valence-electron chi connectivity index (χ4n) is 3.01. The van der Waals surface area contributed by atoms with Crippen molar-refractivity contribution >= 4 is 0 Å². The molecule has 1 aliphatic heterocycles. The summed E-state index contributed by atoms with van der Waals surface area (Å²) < 4.78 is 11.8. The predicted molar refractivity (Wildman–Crippen MR) is 88.2 cm³/mol. The van der Waals surface area contributed by atoms with Gasteiger partial charge in [0.2, 0.25) is 0 Å². The maximum atomic E-state index is 6.16. The summed E-state index contributed by atoms with van der Waals surface area (Å²) in [5.74, 6) is 2.18. The summed E-state index contributed by atoms with van der Waals surface area (Å²) in [6, 6.07) is 4.53. The SMILES string of the molecule is CCC(CC1OC1C)c1cc(C)cc(C)c1OCC(C)C. The van der Waals surface area contributed by atoms with E-state index in [2.05, 4.69) is 53.7 Å². The first-order valence-corrected chi connectivity index (χ1v) is 8.31. The second-order valence-electron chi connectivity index (χ2n) is 6.93. The van der Waals surface area contributed by atoms with E-state index in [9.17, 15) is 0 Å². The highest BCUT2D eigenvalue weighted by Crippen LogP contribution is 2.40. The lowest BCUT2D eigenvalue weighted by molar-refractivity contribution is 0.264. The third kappa shape index (κ3) is 4.23. The Morgan fingerprint density at radius 3 is 2.43 bits per heavy atom. The van der Waals surface area contributed by atoms with Crippen LogP contribution in [0, 0.1) is 19.8 Å². The van der Waals surface area contributed by atoms with Gasteiger partial charge in [-0.1, -0.05) is 38.5 Å². The highest BCUT2D eigenvalue weighted by Gasteiger charge is 2.36. The van der Waals surface area contributed by atoms with Gasteiger partial charge in [0, 0.05) is 0 Å².